The normalized spacial score (nSPS) is 22.3. The Morgan fingerprint density at radius 2 is 2.05 bits per heavy atom. The number of anilines is 1. The lowest BCUT2D eigenvalue weighted by molar-refractivity contribution is 0.217. The van der Waals surface area contributed by atoms with Crippen LogP contribution in [0.3, 0.4) is 0 Å². The highest BCUT2D eigenvalue weighted by molar-refractivity contribution is 5.91. The fraction of sp³-hybridized carbons (Fsp3) is 0.471. The van der Waals surface area contributed by atoms with E-state index in [1.165, 1.54) is 36.8 Å². The SMILES string of the molecule is CC1(C)CCCCC1Nc1cccc2ncccc12. The first-order valence-electron chi connectivity index (χ1n) is 7.27. The number of aromatic nitrogens is 1. The molecule has 0 radical (unpaired) electrons. The molecule has 1 aromatic heterocycles. The van der Waals surface area contributed by atoms with Crippen molar-refractivity contribution in [1.29, 1.82) is 0 Å². The maximum atomic E-state index is 4.43. The Bertz CT molecular complexity index is 569. The first-order valence-corrected chi connectivity index (χ1v) is 7.27. The zero-order valence-electron chi connectivity index (χ0n) is 11.8. The van der Waals surface area contributed by atoms with Gasteiger partial charge in [-0.2, -0.15) is 0 Å². The van der Waals surface area contributed by atoms with Crippen LogP contribution in [0.4, 0.5) is 5.69 Å². The number of rotatable bonds is 2. The van der Waals surface area contributed by atoms with Crippen LogP contribution < -0.4 is 5.32 Å². The van der Waals surface area contributed by atoms with E-state index in [0.29, 0.717) is 11.5 Å². The highest BCUT2D eigenvalue weighted by atomic mass is 14.9. The smallest absolute Gasteiger partial charge is 0.0722 e. The van der Waals surface area contributed by atoms with Crippen molar-refractivity contribution in [2.75, 3.05) is 5.32 Å². The fourth-order valence-electron chi connectivity index (χ4n) is 3.18. The Labute approximate surface area is 115 Å². The fourth-order valence-corrected chi connectivity index (χ4v) is 3.18. The summed E-state index contributed by atoms with van der Waals surface area (Å²) >= 11 is 0. The van der Waals surface area contributed by atoms with E-state index in [1.54, 1.807) is 0 Å². The lowest BCUT2D eigenvalue weighted by atomic mass is 9.73. The Hall–Kier alpha value is -1.57. The Morgan fingerprint density at radius 3 is 2.89 bits per heavy atom. The van der Waals surface area contributed by atoms with Gasteiger partial charge < -0.3 is 5.32 Å². The molecule has 2 heteroatoms. The number of nitrogens with one attached hydrogen (secondary N) is 1. The summed E-state index contributed by atoms with van der Waals surface area (Å²) in [5, 5.41) is 5.00. The lowest BCUT2D eigenvalue weighted by Gasteiger charge is -2.39. The highest BCUT2D eigenvalue weighted by Gasteiger charge is 2.32. The largest absolute Gasteiger partial charge is 0.381 e. The van der Waals surface area contributed by atoms with Crippen LogP contribution in [0, 0.1) is 5.41 Å². The number of hydrogen-bond acceptors (Lipinski definition) is 2. The maximum absolute atomic E-state index is 4.43. The molecule has 1 heterocycles. The number of hydrogen-bond donors (Lipinski definition) is 1. The minimum atomic E-state index is 0.378. The van der Waals surface area contributed by atoms with Gasteiger partial charge in [-0.15, -0.1) is 0 Å². The third kappa shape index (κ3) is 2.44. The third-order valence-electron chi connectivity index (χ3n) is 4.48. The summed E-state index contributed by atoms with van der Waals surface area (Å²) in [6, 6.07) is 11.1. The van der Waals surface area contributed by atoms with Gasteiger partial charge in [0.1, 0.15) is 0 Å². The highest BCUT2D eigenvalue weighted by Crippen LogP contribution is 2.38. The van der Waals surface area contributed by atoms with Crippen molar-refractivity contribution in [2.45, 2.75) is 45.6 Å². The molecular formula is C17H22N2. The monoisotopic (exact) mass is 254 g/mol. The molecule has 1 aliphatic rings. The predicted octanol–water partition coefficient (Wildman–Crippen LogP) is 4.62. The van der Waals surface area contributed by atoms with Crippen LogP contribution in [0.25, 0.3) is 10.9 Å². The van der Waals surface area contributed by atoms with E-state index in [9.17, 15) is 0 Å². The van der Waals surface area contributed by atoms with E-state index in [0.717, 1.165) is 5.52 Å². The third-order valence-corrected chi connectivity index (χ3v) is 4.48. The van der Waals surface area contributed by atoms with E-state index >= 15 is 0 Å². The summed E-state index contributed by atoms with van der Waals surface area (Å²) in [5.41, 5.74) is 2.68. The molecule has 1 N–H and O–H groups in total. The molecule has 0 amide bonds. The molecule has 1 saturated carbocycles. The van der Waals surface area contributed by atoms with Crippen LogP contribution in [-0.4, -0.2) is 11.0 Å². The minimum Gasteiger partial charge on any atom is -0.381 e. The molecule has 0 spiro atoms. The molecule has 1 aromatic carbocycles. The molecule has 0 saturated heterocycles. The van der Waals surface area contributed by atoms with Gasteiger partial charge in [0.2, 0.25) is 0 Å². The average Bonchev–Trinajstić information content (AvgIpc) is 2.41. The van der Waals surface area contributed by atoms with Crippen molar-refractivity contribution < 1.29 is 0 Å². The first kappa shape index (κ1) is 12.5. The van der Waals surface area contributed by atoms with Gasteiger partial charge in [-0.25, -0.2) is 0 Å². The zero-order valence-corrected chi connectivity index (χ0v) is 11.8. The molecule has 1 aliphatic carbocycles. The molecule has 1 fully saturated rings. The molecule has 1 atom stereocenters. The van der Waals surface area contributed by atoms with Gasteiger partial charge in [0.05, 0.1) is 5.52 Å². The van der Waals surface area contributed by atoms with E-state index < -0.39 is 0 Å². The Balaban J connectivity index is 1.93. The summed E-state index contributed by atoms with van der Waals surface area (Å²) < 4.78 is 0. The van der Waals surface area contributed by atoms with Crippen LogP contribution in [0.5, 0.6) is 0 Å². The van der Waals surface area contributed by atoms with Crippen molar-refractivity contribution in [3.8, 4) is 0 Å². The van der Waals surface area contributed by atoms with Crippen LogP contribution in [0.1, 0.15) is 39.5 Å². The standard InChI is InChI=1S/C17H22N2/c1-17(2)11-4-3-10-16(17)19-15-9-5-8-14-13(15)7-6-12-18-14/h5-9,12,16,19H,3-4,10-11H2,1-2H3. The number of pyridine rings is 1. The van der Waals surface area contributed by atoms with E-state index in [-0.39, 0.29) is 0 Å². The van der Waals surface area contributed by atoms with Gasteiger partial charge in [-0.05, 0) is 42.5 Å². The molecule has 1 unspecified atom stereocenters. The Morgan fingerprint density at radius 1 is 1.16 bits per heavy atom. The average molecular weight is 254 g/mol. The van der Waals surface area contributed by atoms with Crippen LogP contribution in [0.15, 0.2) is 36.5 Å². The summed E-state index contributed by atoms with van der Waals surface area (Å²) in [6.07, 6.45) is 7.14. The summed E-state index contributed by atoms with van der Waals surface area (Å²) in [7, 11) is 0. The van der Waals surface area contributed by atoms with Crippen LogP contribution in [0.2, 0.25) is 0 Å². The number of nitrogens with zero attached hydrogens (tertiary/aromatic N) is 1. The van der Waals surface area contributed by atoms with Gasteiger partial charge >= 0.3 is 0 Å². The second kappa shape index (κ2) is 4.84. The van der Waals surface area contributed by atoms with Crippen molar-refractivity contribution in [3.05, 3.63) is 36.5 Å². The van der Waals surface area contributed by atoms with E-state index in [4.69, 9.17) is 0 Å². The molecule has 19 heavy (non-hydrogen) atoms. The number of fused-ring (bicyclic) bond motifs is 1. The second-order valence-corrected chi connectivity index (χ2v) is 6.31. The summed E-state index contributed by atoms with van der Waals surface area (Å²) in [4.78, 5) is 4.43. The second-order valence-electron chi connectivity index (χ2n) is 6.31. The predicted molar refractivity (Wildman–Crippen MR) is 81.4 cm³/mol. The molecule has 100 valence electrons. The van der Waals surface area contributed by atoms with Crippen LogP contribution >= 0.6 is 0 Å². The molecular weight excluding hydrogens is 232 g/mol. The topological polar surface area (TPSA) is 24.9 Å². The zero-order chi connectivity index (χ0) is 13.3. The quantitative estimate of drug-likeness (QED) is 0.846. The van der Waals surface area contributed by atoms with Crippen LogP contribution in [-0.2, 0) is 0 Å². The van der Waals surface area contributed by atoms with Gasteiger partial charge in [-0.1, -0.05) is 32.8 Å². The first-order chi connectivity index (χ1) is 9.17. The van der Waals surface area contributed by atoms with E-state index in [1.807, 2.05) is 12.3 Å². The molecule has 0 aliphatic heterocycles. The minimum absolute atomic E-state index is 0.378. The maximum Gasteiger partial charge on any atom is 0.0722 e. The molecule has 2 aromatic rings. The van der Waals surface area contributed by atoms with Crippen molar-refractivity contribution >= 4 is 16.6 Å². The molecule has 3 rings (SSSR count). The van der Waals surface area contributed by atoms with Gasteiger partial charge in [0, 0.05) is 23.3 Å². The number of benzene rings is 1. The summed E-state index contributed by atoms with van der Waals surface area (Å²) in [5.74, 6) is 0. The van der Waals surface area contributed by atoms with Gasteiger partial charge in [-0.3, -0.25) is 4.98 Å². The van der Waals surface area contributed by atoms with Gasteiger partial charge in [0.25, 0.3) is 0 Å². The van der Waals surface area contributed by atoms with Crippen molar-refractivity contribution in [2.24, 2.45) is 5.41 Å². The van der Waals surface area contributed by atoms with Crippen molar-refractivity contribution in [1.82, 2.24) is 4.98 Å². The lowest BCUT2D eigenvalue weighted by Crippen LogP contribution is -2.38. The van der Waals surface area contributed by atoms with Gasteiger partial charge in [0.15, 0.2) is 0 Å². The summed E-state index contributed by atoms with van der Waals surface area (Å²) in [6.45, 7) is 4.76. The Kier molecular flexibility index (Phi) is 3.17. The molecule has 2 nitrogen and oxygen atoms in total. The van der Waals surface area contributed by atoms with Crippen molar-refractivity contribution in [3.63, 3.8) is 0 Å². The molecule has 0 bridgehead atoms. The van der Waals surface area contributed by atoms with E-state index in [2.05, 4.69) is 48.4 Å².